The SMILES string of the molecule is CNc1cc2c([nH]1)CCC=C2. The summed E-state index contributed by atoms with van der Waals surface area (Å²) in [6, 6.07) is 2.14. The number of H-pyrrole nitrogens is 1. The molecule has 1 aromatic heterocycles. The number of hydrogen-bond acceptors (Lipinski definition) is 1. The molecule has 11 heavy (non-hydrogen) atoms. The Morgan fingerprint density at radius 3 is 3.18 bits per heavy atom. The van der Waals surface area contributed by atoms with E-state index < -0.39 is 0 Å². The number of allylic oxidation sites excluding steroid dienone is 1. The Kier molecular flexibility index (Phi) is 1.46. The molecule has 0 saturated carbocycles. The number of rotatable bonds is 1. The van der Waals surface area contributed by atoms with Gasteiger partial charge in [-0.05, 0) is 24.5 Å². The van der Waals surface area contributed by atoms with E-state index in [1.165, 1.54) is 11.3 Å². The fourth-order valence-corrected chi connectivity index (χ4v) is 1.44. The molecule has 0 spiro atoms. The number of nitrogens with one attached hydrogen (secondary N) is 2. The summed E-state index contributed by atoms with van der Waals surface area (Å²) < 4.78 is 0. The van der Waals surface area contributed by atoms with Crippen LogP contribution < -0.4 is 5.32 Å². The molecular formula is C9H12N2. The van der Waals surface area contributed by atoms with Crippen LogP contribution in [0.4, 0.5) is 5.82 Å². The monoisotopic (exact) mass is 148 g/mol. The van der Waals surface area contributed by atoms with Gasteiger partial charge >= 0.3 is 0 Å². The molecule has 0 bridgehead atoms. The van der Waals surface area contributed by atoms with Crippen molar-refractivity contribution in [3.05, 3.63) is 23.4 Å². The molecule has 58 valence electrons. The van der Waals surface area contributed by atoms with E-state index in [4.69, 9.17) is 0 Å². The van der Waals surface area contributed by atoms with Gasteiger partial charge < -0.3 is 10.3 Å². The van der Waals surface area contributed by atoms with Gasteiger partial charge in [-0.25, -0.2) is 0 Å². The van der Waals surface area contributed by atoms with Crippen LogP contribution in [0.15, 0.2) is 12.1 Å². The van der Waals surface area contributed by atoms with E-state index >= 15 is 0 Å². The molecule has 2 rings (SSSR count). The van der Waals surface area contributed by atoms with Crippen LogP contribution in [0.5, 0.6) is 0 Å². The zero-order valence-electron chi connectivity index (χ0n) is 6.65. The highest BCUT2D eigenvalue weighted by Crippen LogP contribution is 2.21. The number of aromatic nitrogens is 1. The van der Waals surface area contributed by atoms with Crippen molar-refractivity contribution in [1.82, 2.24) is 4.98 Å². The van der Waals surface area contributed by atoms with E-state index in [0.29, 0.717) is 0 Å². The smallest absolute Gasteiger partial charge is 0.103 e. The average Bonchev–Trinajstić information content (AvgIpc) is 2.46. The summed E-state index contributed by atoms with van der Waals surface area (Å²) in [6.07, 6.45) is 6.70. The molecule has 0 aliphatic heterocycles. The van der Waals surface area contributed by atoms with Gasteiger partial charge in [-0.3, -0.25) is 0 Å². The topological polar surface area (TPSA) is 27.8 Å². The third-order valence-electron chi connectivity index (χ3n) is 2.06. The minimum Gasteiger partial charge on any atom is -0.375 e. The van der Waals surface area contributed by atoms with E-state index in [1.807, 2.05) is 7.05 Å². The van der Waals surface area contributed by atoms with Gasteiger partial charge in [0, 0.05) is 12.7 Å². The van der Waals surface area contributed by atoms with Crippen LogP contribution in [-0.2, 0) is 6.42 Å². The summed E-state index contributed by atoms with van der Waals surface area (Å²) >= 11 is 0. The fraction of sp³-hybridized carbons (Fsp3) is 0.333. The minimum absolute atomic E-state index is 1.11. The maximum absolute atomic E-state index is 3.32. The molecule has 1 aliphatic carbocycles. The first-order valence-corrected chi connectivity index (χ1v) is 3.96. The van der Waals surface area contributed by atoms with Crippen LogP contribution in [0, 0.1) is 0 Å². The lowest BCUT2D eigenvalue weighted by molar-refractivity contribution is 0.946. The van der Waals surface area contributed by atoms with Crippen LogP contribution in [0.3, 0.4) is 0 Å². The second-order valence-corrected chi connectivity index (χ2v) is 2.81. The standard InChI is InChI=1S/C9H12N2/c1-10-9-6-7-4-2-3-5-8(7)11-9/h2,4,6,10-11H,3,5H2,1H3. The van der Waals surface area contributed by atoms with E-state index in [9.17, 15) is 0 Å². The molecule has 1 heterocycles. The summed E-state index contributed by atoms with van der Waals surface area (Å²) in [7, 11) is 1.93. The Labute approximate surface area is 66.3 Å². The predicted octanol–water partition coefficient (Wildman–Crippen LogP) is 2.02. The van der Waals surface area contributed by atoms with Crippen molar-refractivity contribution < 1.29 is 0 Å². The Balaban J connectivity index is 2.42. The van der Waals surface area contributed by atoms with Gasteiger partial charge in [0.25, 0.3) is 0 Å². The van der Waals surface area contributed by atoms with Crippen LogP contribution in [0.25, 0.3) is 6.08 Å². The zero-order valence-corrected chi connectivity index (χ0v) is 6.65. The van der Waals surface area contributed by atoms with Crippen LogP contribution in [0.2, 0.25) is 0 Å². The van der Waals surface area contributed by atoms with Crippen molar-refractivity contribution >= 4 is 11.9 Å². The average molecular weight is 148 g/mol. The predicted molar refractivity (Wildman–Crippen MR) is 47.7 cm³/mol. The Morgan fingerprint density at radius 1 is 1.55 bits per heavy atom. The highest BCUT2D eigenvalue weighted by molar-refractivity contribution is 5.60. The van der Waals surface area contributed by atoms with Gasteiger partial charge in [0.2, 0.25) is 0 Å². The van der Waals surface area contributed by atoms with E-state index in [1.54, 1.807) is 0 Å². The lowest BCUT2D eigenvalue weighted by atomic mass is 10.1. The second-order valence-electron chi connectivity index (χ2n) is 2.81. The molecule has 0 radical (unpaired) electrons. The molecule has 1 aliphatic rings. The molecule has 2 N–H and O–H groups in total. The Hall–Kier alpha value is -1.18. The number of aromatic amines is 1. The zero-order chi connectivity index (χ0) is 7.68. The van der Waals surface area contributed by atoms with E-state index in [2.05, 4.69) is 28.5 Å². The lowest BCUT2D eigenvalue weighted by Crippen LogP contribution is -1.91. The number of fused-ring (bicyclic) bond motifs is 1. The summed E-state index contributed by atoms with van der Waals surface area (Å²) in [5.74, 6) is 1.11. The molecule has 0 saturated heterocycles. The summed E-state index contributed by atoms with van der Waals surface area (Å²) in [6.45, 7) is 0. The minimum atomic E-state index is 1.11. The summed E-state index contributed by atoms with van der Waals surface area (Å²) in [5.41, 5.74) is 2.69. The maximum Gasteiger partial charge on any atom is 0.103 e. The van der Waals surface area contributed by atoms with Gasteiger partial charge in [0.05, 0.1) is 0 Å². The van der Waals surface area contributed by atoms with Crippen molar-refractivity contribution in [2.45, 2.75) is 12.8 Å². The first-order chi connectivity index (χ1) is 5.40. The van der Waals surface area contributed by atoms with Crippen LogP contribution >= 0.6 is 0 Å². The molecule has 0 aromatic carbocycles. The molecule has 0 amide bonds. The molecule has 2 nitrogen and oxygen atoms in total. The van der Waals surface area contributed by atoms with Crippen LogP contribution in [0.1, 0.15) is 17.7 Å². The Morgan fingerprint density at radius 2 is 2.45 bits per heavy atom. The molecule has 2 heteroatoms. The third kappa shape index (κ3) is 1.04. The Bertz CT molecular complexity index is 284. The third-order valence-corrected chi connectivity index (χ3v) is 2.06. The highest BCUT2D eigenvalue weighted by atomic mass is 15.0. The van der Waals surface area contributed by atoms with Gasteiger partial charge in [-0.2, -0.15) is 0 Å². The largest absolute Gasteiger partial charge is 0.375 e. The van der Waals surface area contributed by atoms with Gasteiger partial charge in [0.15, 0.2) is 0 Å². The molecule has 1 aromatic rings. The van der Waals surface area contributed by atoms with Gasteiger partial charge in [0.1, 0.15) is 5.82 Å². The molecule has 0 unspecified atom stereocenters. The lowest BCUT2D eigenvalue weighted by Gasteiger charge is -2.02. The normalized spacial score (nSPS) is 14.6. The van der Waals surface area contributed by atoms with Gasteiger partial charge in [-0.1, -0.05) is 12.2 Å². The van der Waals surface area contributed by atoms with Crippen molar-refractivity contribution in [3.8, 4) is 0 Å². The van der Waals surface area contributed by atoms with Crippen molar-refractivity contribution in [2.75, 3.05) is 12.4 Å². The molecular weight excluding hydrogens is 136 g/mol. The summed E-state index contributed by atoms with van der Waals surface area (Å²) in [5, 5.41) is 3.09. The molecule has 0 fully saturated rings. The van der Waals surface area contributed by atoms with Crippen molar-refractivity contribution in [2.24, 2.45) is 0 Å². The van der Waals surface area contributed by atoms with E-state index in [0.717, 1.165) is 18.7 Å². The number of hydrogen-bond donors (Lipinski definition) is 2. The fourth-order valence-electron chi connectivity index (χ4n) is 1.44. The number of aryl methyl sites for hydroxylation is 1. The summed E-state index contributed by atoms with van der Waals surface area (Å²) in [4.78, 5) is 3.32. The molecule has 0 atom stereocenters. The first kappa shape index (κ1) is 6.53. The van der Waals surface area contributed by atoms with Gasteiger partial charge in [-0.15, -0.1) is 0 Å². The first-order valence-electron chi connectivity index (χ1n) is 3.96. The second kappa shape index (κ2) is 2.46. The van der Waals surface area contributed by atoms with E-state index in [-0.39, 0.29) is 0 Å². The van der Waals surface area contributed by atoms with Crippen LogP contribution in [-0.4, -0.2) is 12.0 Å². The number of anilines is 1. The maximum atomic E-state index is 3.32. The van der Waals surface area contributed by atoms with Crippen molar-refractivity contribution in [3.63, 3.8) is 0 Å². The van der Waals surface area contributed by atoms with Crippen molar-refractivity contribution in [1.29, 1.82) is 0 Å². The quantitative estimate of drug-likeness (QED) is 0.626. The highest BCUT2D eigenvalue weighted by Gasteiger charge is 2.06.